The number of nitrogens with one attached hydrogen (secondary N) is 3. The molecule has 1 aromatic rings. The quantitative estimate of drug-likeness (QED) is 0.673. The molecule has 1 aromatic carbocycles. The van der Waals surface area contributed by atoms with Gasteiger partial charge in [-0.1, -0.05) is 13.0 Å². The highest BCUT2D eigenvalue weighted by atomic mass is 16.2. The summed E-state index contributed by atoms with van der Waals surface area (Å²) in [5.74, 6) is 0.00947. The van der Waals surface area contributed by atoms with Crippen LogP contribution in [0.2, 0.25) is 0 Å². The molecule has 6 heteroatoms. The average Bonchev–Trinajstić information content (AvgIpc) is 2.39. The Balaban J connectivity index is 2.05. The van der Waals surface area contributed by atoms with E-state index in [9.17, 15) is 9.59 Å². The second-order valence-electron chi connectivity index (χ2n) is 5.33. The molecule has 1 saturated heterocycles. The van der Waals surface area contributed by atoms with Crippen molar-refractivity contribution in [1.82, 2.24) is 5.32 Å². The lowest BCUT2D eigenvalue weighted by Gasteiger charge is -2.32. The topological polar surface area (TPSA) is 96.2 Å². The predicted octanol–water partition coefficient (Wildman–Crippen LogP) is 1.51. The number of urea groups is 1. The van der Waals surface area contributed by atoms with Crippen LogP contribution in [-0.4, -0.2) is 25.0 Å². The van der Waals surface area contributed by atoms with Crippen molar-refractivity contribution in [2.45, 2.75) is 19.8 Å². The Kier molecular flexibility index (Phi) is 4.24. The molecule has 0 saturated carbocycles. The Labute approximate surface area is 118 Å². The van der Waals surface area contributed by atoms with Gasteiger partial charge in [0.2, 0.25) is 5.91 Å². The zero-order chi connectivity index (χ0) is 14.6. The molecule has 1 aliphatic heterocycles. The van der Waals surface area contributed by atoms with Gasteiger partial charge in [-0.3, -0.25) is 4.79 Å². The van der Waals surface area contributed by atoms with Crippen LogP contribution in [0.25, 0.3) is 0 Å². The summed E-state index contributed by atoms with van der Waals surface area (Å²) < 4.78 is 0. The molecule has 3 amide bonds. The molecule has 1 heterocycles. The Morgan fingerprint density at radius 2 is 1.80 bits per heavy atom. The SMILES string of the molecule is CC1(C(=O)Nc2cccc(NC(N)=O)c2)CCNCC1. The Bertz CT molecular complexity index is 510. The average molecular weight is 276 g/mol. The summed E-state index contributed by atoms with van der Waals surface area (Å²) in [6.07, 6.45) is 1.64. The number of hydrogen-bond acceptors (Lipinski definition) is 3. The Morgan fingerprint density at radius 1 is 1.20 bits per heavy atom. The normalized spacial score (nSPS) is 17.2. The molecule has 0 spiro atoms. The van der Waals surface area contributed by atoms with Crippen LogP contribution in [0.1, 0.15) is 19.8 Å². The first kappa shape index (κ1) is 14.3. The molecule has 1 fully saturated rings. The van der Waals surface area contributed by atoms with Crippen LogP contribution in [0.5, 0.6) is 0 Å². The monoisotopic (exact) mass is 276 g/mol. The largest absolute Gasteiger partial charge is 0.351 e. The number of primary amides is 1. The molecule has 0 radical (unpaired) electrons. The maximum absolute atomic E-state index is 12.4. The number of anilines is 2. The zero-order valence-corrected chi connectivity index (χ0v) is 11.5. The van der Waals surface area contributed by atoms with E-state index in [0.29, 0.717) is 11.4 Å². The number of carbonyl (C=O) groups is 2. The van der Waals surface area contributed by atoms with E-state index in [1.165, 1.54) is 0 Å². The van der Waals surface area contributed by atoms with Crippen molar-refractivity contribution in [3.05, 3.63) is 24.3 Å². The maximum Gasteiger partial charge on any atom is 0.316 e. The lowest BCUT2D eigenvalue weighted by Crippen LogP contribution is -2.42. The van der Waals surface area contributed by atoms with E-state index in [0.717, 1.165) is 25.9 Å². The lowest BCUT2D eigenvalue weighted by atomic mass is 9.80. The molecule has 5 N–H and O–H groups in total. The number of rotatable bonds is 3. The number of benzene rings is 1. The maximum atomic E-state index is 12.4. The van der Waals surface area contributed by atoms with E-state index in [1.54, 1.807) is 24.3 Å². The fraction of sp³-hybridized carbons (Fsp3) is 0.429. The third-order valence-corrected chi connectivity index (χ3v) is 3.64. The van der Waals surface area contributed by atoms with Crippen LogP contribution in [0.4, 0.5) is 16.2 Å². The molecular weight excluding hydrogens is 256 g/mol. The first-order valence-electron chi connectivity index (χ1n) is 6.68. The number of hydrogen-bond donors (Lipinski definition) is 4. The first-order chi connectivity index (χ1) is 9.49. The minimum absolute atomic E-state index is 0.00947. The summed E-state index contributed by atoms with van der Waals surface area (Å²) in [6, 6.07) is 6.32. The van der Waals surface area contributed by atoms with E-state index in [-0.39, 0.29) is 11.3 Å². The van der Waals surface area contributed by atoms with E-state index < -0.39 is 6.03 Å². The minimum Gasteiger partial charge on any atom is -0.351 e. The number of carbonyl (C=O) groups excluding carboxylic acids is 2. The van der Waals surface area contributed by atoms with Gasteiger partial charge in [0.05, 0.1) is 0 Å². The van der Waals surface area contributed by atoms with Crippen molar-refractivity contribution in [3.8, 4) is 0 Å². The van der Waals surface area contributed by atoms with Gasteiger partial charge in [-0.2, -0.15) is 0 Å². The summed E-state index contributed by atoms with van der Waals surface area (Å²) >= 11 is 0. The van der Waals surface area contributed by atoms with E-state index in [1.807, 2.05) is 6.92 Å². The summed E-state index contributed by atoms with van der Waals surface area (Å²) in [5, 5.41) is 8.64. The zero-order valence-electron chi connectivity index (χ0n) is 11.5. The molecule has 108 valence electrons. The van der Waals surface area contributed by atoms with Gasteiger partial charge in [0.25, 0.3) is 0 Å². The smallest absolute Gasteiger partial charge is 0.316 e. The van der Waals surface area contributed by atoms with Gasteiger partial charge in [0.15, 0.2) is 0 Å². The molecule has 2 rings (SSSR count). The van der Waals surface area contributed by atoms with Gasteiger partial charge in [0.1, 0.15) is 0 Å². The van der Waals surface area contributed by atoms with Crippen molar-refractivity contribution in [1.29, 1.82) is 0 Å². The molecule has 6 nitrogen and oxygen atoms in total. The van der Waals surface area contributed by atoms with Crippen LogP contribution < -0.4 is 21.7 Å². The summed E-state index contributed by atoms with van der Waals surface area (Å²) in [4.78, 5) is 23.2. The standard InChI is InChI=1S/C14H20N4O2/c1-14(5-7-16-8-6-14)12(19)17-10-3-2-4-11(9-10)18-13(15)20/h2-4,9,16H,5-8H2,1H3,(H,17,19)(H3,15,18,20). The van der Waals surface area contributed by atoms with Crippen molar-refractivity contribution in [3.63, 3.8) is 0 Å². The Morgan fingerprint density at radius 3 is 2.40 bits per heavy atom. The molecule has 20 heavy (non-hydrogen) atoms. The molecule has 0 aromatic heterocycles. The van der Waals surface area contributed by atoms with Crippen molar-refractivity contribution < 1.29 is 9.59 Å². The molecule has 0 bridgehead atoms. The lowest BCUT2D eigenvalue weighted by molar-refractivity contribution is -0.126. The molecule has 1 aliphatic rings. The molecule has 0 aliphatic carbocycles. The van der Waals surface area contributed by atoms with Gasteiger partial charge < -0.3 is 21.7 Å². The van der Waals surface area contributed by atoms with Crippen LogP contribution in [0, 0.1) is 5.41 Å². The van der Waals surface area contributed by atoms with Crippen LogP contribution >= 0.6 is 0 Å². The first-order valence-corrected chi connectivity index (χ1v) is 6.68. The second-order valence-corrected chi connectivity index (χ2v) is 5.33. The summed E-state index contributed by atoms with van der Waals surface area (Å²) in [7, 11) is 0. The highest BCUT2D eigenvalue weighted by molar-refractivity contribution is 5.96. The van der Waals surface area contributed by atoms with Gasteiger partial charge in [-0.15, -0.1) is 0 Å². The van der Waals surface area contributed by atoms with E-state index in [2.05, 4.69) is 16.0 Å². The van der Waals surface area contributed by atoms with Crippen LogP contribution in [0.15, 0.2) is 24.3 Å². The van der Waals surface area contributed by atoms with Gasteiger partial charge in [0, 0.05) is 16.8 Å². The number of piperidine rings is 1. The fourth-order valence-corrected chi connectivity index (χ4v) is 2.30. The molecular formula is C14H20N4O2. The third-order valence-electron chi connectivity index (χ3n) is 3.64. The van der Waals surface area contributed by atoms with E-state index >= 15 is 0 Å². The highest BCUT2D eigenvalue weighted by Gasteiger charge is 2.34. The second kappa shape index (κ2) is 5.92. The van der Waals surface area contributed by atoms with Gasteiger partial charge in [-0.05, 0) is 44.1 Å². The Hall–Kier alpha value is -2.08. The molecule has 0 unspecified atom stereocenters. The summed E-state index contributed by atoms with van der Waals surface area (Å²) in [6.45, 7) is 3.69. The predicted molar refractivity (Wildman–Crippen MR) is 78.5 cm³/mol. The van der Waals surface area contributed by atoms with E-state index in [4.69, 9.17) is 5.73 Å². The minimum atomic E-state index is -0.626. The number of nitrogens with two attached hydrogens (primary N) is 1. The van der Waals surface area contributed by atoms with Crippen molar-refractivity contribution in [2.75, 3.05) is 23.7 Å². The molecule has 0 atom stereocenters. The van der Waals surface area contributed by atoms with Crippen LogP contribution in [0.3, 0.4) is 0 Å². The third kappa shape index (κ3) is 3.48. The number of amides is 3. The van der Waals surface area contributed by atoms with Gasteiger partial charge >= 0.3 is 6.03 Å². The fourth-order valence-electron chi connectivity index (χ4n) is 2.30. The highest BCUT2D eigenvalue weighted by Crippen LogP contribution is 2.29. The van der Waals surface area contributed by atoms with Crippen molar-refractivity contribution >= 4 is 23.3 Å². The van der Waals surface area contributed by atoms with Crippen molar-refractivity contribution in [2.24, 2.45) is 11.1 Å². The van der Waals surface area contributed by atoms with Crippen LogP contribution in [-0.2, 0) is 4.79 Å². The van der Waals surface area contributed by atoms with Gasteiger partial charge in [-0.25, -0.2) is 4.79 Å². The summed E-state index contributed by atoms with van der Waals surface area (Å²) in [5.41, 5.74) is 5.94.